The van der Waals surface area contributed by atoms with Gasteiger partial charge in [0.05, 0.1) is 40.7 Å². The Morgan fingerprint density at radius 2 is 1.77 bits per heavy atom. The van der Waals surface area contributed by atoms with Crippen molar-refractivity contribution in [1.82, 2.24) is 14.3 Å². The first-order valence-electron chi connectivity index (χ1n) is 16.6. The summed E-state index contributed by atoms with van der Waals surface area (Å²) < 4.78 is 26.0. The fourth-order valence-electron chi connectivity index (χ4n) is 5.96. The molecule has 266 valence electrons. The summed E-state index contributed by atoms with van der Waals surface area (Å²) >= 11 is 1.20. The average Bonchev–Trinajstić information content (AvgIpc) is 3.68. The molecule has 2 aromatic heterocycles. The molecule has 3 aromatic carbocycles. The molecule has 0 amide bonds. The van der Waals surface area contributed by atoms with Crippen molar-refractivity contribution in [2.24, 2.45) is 4.99 Å². The van der Waals surface area contributed by atoms with E-state index < -0.39 is 18.0 Å². The topological polar surface area (TPSA) is 123 Å². The van der Waals surface area contributed by atoms with Crippen molar-refractivity contribution in [2.75, 3.05) is 13.7 Å². The number of hydrogen-bond donors (Lipinski definition) is 0. The number of esters is 2. The van der Waals surface area contributed by atoms with E-state index in [9.17, 15) is 14.4 Å². The Labute approximate surface area is 304 Å². The van der Waals surface area contributed by atoms with E-state index in [1.165, 1.54) is 36.0 Å². The number of aryl methyl sites for hydroxylation is 1. The molecule has 5 aromatic rings. The number of nitrogens with zero attached hydrogens (tertiary/aromatic N) is 4. The van der Waals surface area contributed by atoms with Gasteiger partial charge in [-0.2, -0.15) is 5.10 Å². The van der Waals surface area contributed by atoms with E-state index in [0.717, 1.165) is 22.6 Å². The maximum absolute atomic E-state index is 14.5. The molecule has 0 aliphatic carbocycles. The summed E-state index contributed by atoms with van der Waals surface area (Å²) in [5, 5.41) is 4.97. The first kappa shape index (κ1) is 35.8. The van der Waals surface area contributed by atoms with Crippen LogP contribution in [-0.4, -0.2) is 46.1 Å². The fourth-order valence-corrected chi connectivity index (χ4v) is 7.00. The van der Waals surface area contributed by atoms with Gasteiger partial charge in [-0.1, -0.05) is 48.3 Å². The van der Waals surface area contributed by atoms with Crippen LogP contribution in [0.15, 0.2) is 107 Å². The molecule has 0 spiro atoms. The van der Waals surface area contributed by atoms with Gasteiger partial charge >= 0.3 is 11.9 Å². The molecule has 3 heterocycles. The molecule has 1 atom stereocenters. The third kappa shape index (κ3) is 7.24. The summed E-state index contributed by atoms with van der Waals surface area (Å²) in [5.74, 6) is 0.0704. The van der Waals surface area contributed by atoms with Gasteiger partial charge in [-0.25, -0.2) is 14.5 Å². The van der Waals surface area contributed by atoms with Crippen LogP contribution in [0, 0.1) is 6.92 Å². The lowest BCUT2D eigenvalue weighted by Gasteiger charge is -2.25. The average molecular weight is 719 g/mol. The molecule has 1 aliphatic rings. The van der Waals surface area contributed by atoms with E-state index in [4.69, 9.17) is 29.0 Å². The van der Waals surface area contributed by atoms with Crippen LogP contribution in [0.3, 0.4) is 0 Å². The van der Waals surface area contributed by atoms with E-state index >= 15 is 0 Å². The molecule has 6 rings (SSSR count). The highest BCUT2D eigenvalue weighted by Gasteiger charge is 2.34. The number of para-hydroxylation sites is 1. The molecule has 1 aliphatic heterocycles. The minimum absolute atomic E-state index is 0.0215. The number of rotatable bonds is 11. The van der Waals surface area contributed by atoms with Crippen molar-refractivity contribution in [3.05, 3.63) is 133 Å². The maximum Gasteiger partial charge on any atom is 0.338 e. The lowest BCUT2D eigenvalue weighted by molar-refractivity contribution is -0.138. The Morgan fingerprint density at radius 1 is 1.02 bits per heavy atom. The molecular formula is C40H38N4O7S. The Hall–Kier alpha value is -6.01. The predicted molar refractivity (Wildman–Crippen MR) is 199 cm³/mol. The summed E-state index contributed by atoms with van der Waals surface area (Å²) in [7, 11) is 1.44. The third-order valence-electron chi connectivity index (χ3n) is 8.19. The van der Waals surface area contributed by atoms with Gasteiger partial charge in [0.2, 0.25) is 0 Å². The molecular weight excluding hydrogens is 681 g/mol. The molecule has 0 saturated heterocycles. The van der Waals surface area contributed by atoms with Crippen molar-refractivity contribution in [2.45, 2.75) is 46.8 Å². The number of allylic oxidation sites excluding steroid dienone is 1. The van der Waals surface area contributed by atoms with Crippen LogP contribution in [0.1, 0.15) is 50.4 Å². The minimum Gasteiger partial charge on any atom is -0.493 e. The minimum atomic E-state index is -0.932. The molecule has 12 heteroatoms. The normalized spacial score (nSPS) is 14.1. The fraction of sp³-hybridized carbons (Fsp3) is 0.225. The standard InChI is InChI=1S/C40H38N4O7S/c1-8-18-49-39(47)35-25(5)41-40-44(37(35)28-15-17-32(51-26(6)45)33(20-28)48-7)38(46)34(52-40)21-29-22-43(30-12-10-9-11-13-30)42-36(29)27-14-16-31(24(4)19-27)50-23(2)3/h8-17,19-23,37H,1,18H2,2-7H3/b34-21-/t37-/m0/s1. The van der Waals surface area contributed by atoms with Crippen LogP contribution >= 0.6 is 11.3 Å². The van der Waals surface area contributed by atoms with Gasteiger partial charge in [0.15, 0.2) is 16.3 Å². The summed E-state index contributed by atoms with van der Waals surface area (Å²) in [6.07, 6.45) is 5.17. The number of aromatic nitrogens is 3. The monoisotopic (exact) mass is 718 g/mol. The predicted octanol–water partition coefficient (Wildman–Crippen LogP) is 5.85. The highest BCUT2D eigenvalue weighted by atomic mass is 32.1. The van der Waals surface area contributed by atoms with Gasteiger partial charge < -0.3 is 18.9 Å². The summed E-state index contributed by atoms with van der Waals surface area (Å²) in [4.78, 5) is 44.9. The van der Waals surface area contributed by atoms with Crippen molar-refractivity contribution in [1.29, 1.82) is 0 Å². The molecule has 0 radical (unpaired) electrons. The Bertz CT molecular complexity index is 2400. The lowest BCUT2D eigenvalue weighted by Crippen LogP contribution is -2.40. The largest absolute Gasteiger partial charge is 0.493 e. The van der Waals surface area contributed by atoms with E-state index in [0.29, 0.717) is 31.9 Å². The molecule has 0 saturated carbocycles. The number of thiazole rings is 1. The highest BCUT2D eigenvalue weighted by Crippen LogP contribution is 2.36. The van der Waals surface area contributed by atoms with Crippen molar-refractivity contribution >= 4 is 29.4 Å². The Morgan fingerprint density at radius 3 is 2.44 bits per heavy atom. The zero-order chi connectivity index (χ0) is 37.1. The van der Waals surface area contributed by atoms with Crippen molar-refractivity contribution < 1.29 is 28.5 Å². The van der Waals surface area contributed by atoms with Gasteiger partial charge in [-0.3, -0.25) is 14.2 Å². The SMILES string of the molecule is C=CCOC(=O)C1=C(C)N=c2s/c(=C\c3cn(-c4ccccc4)nc3-c3ccc(OC(C)C)c(C)c3)c(=O)n2[C@H]1c1ccc(OC(C)=O)c(OC)c1. The summed E-state index contributed by atoms with van der Waals surface area (Å²) in [5.41, 5.74) is 4.76. The summed E-state index contributed by atoms with van der Waals surface area (Å²) in [6, 6.07) is 19.6. The van der Waals surface area contributed by atoms with Gasteiger partial charge in [0.1, 0.15) is 18.1 Å². The van der Waals surface area contributed by atoms with Gasteiger partial charge in [-0.15, -0.1) is 0 Å². The van der Waals surface area contributed by atoms with E-state index in [-0.39, 0.29) is 35.3 Å². The van der Waals surface area contributed by atoms with E-state index in [1.54, 1.807) is 35.9 Å². The quantitative estimate of drug-likeness (QED) is 0.0948. The van der Waals surface area contributed by atoms with Gasteiger partial charge in [-0.05, 0) is 87.4 Å². The van der Waals surface area contributed by atoms with Gasteiger partial charge in [0.25, 0.3) is 5.56 Å². The summed E-state index contributed by atoms with van der Waals surface area (Å²) in [6.45, 7) is 12.6. The number of methoxy groups -OCH3 is 1. The molecule has 0 unspecified atom stereocenters. The molecule has 11 nitrogen and oxygen atoms in total. The number of carbonyl (C=O) groups is 2. The second-order valence-corrected chi connectivity index (χ2v) is 13.3. The number of carbonyl (C=O) groups excluding carboxylic acids is 2. The van der Waals surface area contributed by atoms with Crippen LogP contribution in [-0.2, 0) is 14.3 Å². The van der Waals surface area contributed by atoms with Crippen molar-refractivity contribution in [3.63, 3.8) is 0 Å². The lowest BCUT2D eigenvalue weighted by atomic mass is 9.95. The first-order chi connectivity index (χ1) is 25.0. The molecule has 52 heavy (non-hydrogen) atoms. The maximum atomic E-state index is 14.5. The van der Waals surface area contributed by atoms with Crippen LogP contribution in [0.25, 0.3) is 23.0 Å². The molecule has 0 fully saturated rings. The zero-order valence-electron chi connectivity index (χ0n) is 29.7. The van der Waals surface area contributed by atoms with Crippen LogP contribution in [0.5, 0.6) is 17.2 Å². The zero-order valence-corrected chi connectivity index (χ0v) is 30.5. The van der Waals surface area contributed by atoms with Crippen molar-refractivity contribution in [3.8, 4) is 34.2 Å². The number of hydrogen-bond acceptors (Lipinski definition) is 10. The number of benzene rings is 3. The van der Waals surface area contributed by atoms with Crippen LogP contribution < -0.4 is 29.1 Å². The number of fused-ring (bicyclic) bond motifs is 1. The Balaban J connectivity index is 1.55. The molecule has 0 N–H and O–H groups in total. The first-order valence-corrected chi connectivity index (χ1v) is 17.4. The van der Waals surface area contributed by atoms with Crippen LogP contribution in [0.2, 0.25) is 0 Å². The second kappa shape index (κ2) is 15.1. The van der Waals surface area contributed by atoms with Gasteiger partial charge in [0, 0.05) is 24.2 Å². The smallest absolute Gasteiger partial charge is 0.338 e. The highest BCUT2D eigenvalue weighted by molar-refractivity contribution is 7.07. The Kier molecular flexibility index (Phi) is 10.4. The second-order valence-electron chi connectivity index (χ2n) is 12.3. The van der Waals surface area contributed by atoms with E-state index in [2.05, 4.69) is 6.58 Å². The van der Waals surface area contributed by atoms with E-state index in [1.807, 2.05) is 75.5 Å². The third-order valence-corrected chi connectivity index (χ3v) is 9.17. The van der Waals surface area contributed by atoms with Crippen LogP contribution in [0.4, 0.5) is 0 Å². The number of ether oxygens (including phenoxy) is 4. The molecule has 0 bridgehead atoms.